The molecule has 3 nitrogen and oxygen atoms in total. The molecule has 0 radical (unpaired) electrons. The highest BCUT2D eigenvalue weighted by atomic mass is 16.1. The van der Waals surface area contributed by atoms with Crippen molar-refractivity contribution in [3.8, 4) is 0 Å². The molecule has 0 aromatic carbocycles. The molecular formula is C12H20N2O. The second kappa shape index (κ2) is 7.23. The van der Waals surface area contributed by atoms with Crippen molar-refractivity contribution in [1.82, 2.24) is 10.6 Å². The van der Waals surface area contributed by atoms with Crippen molar-refractivity contribution in [3.63, 3.8) is 0 Å². The normalized spacial score (nSPS) is 22.3. The van der Waals surface area contributed by atoms with Crippen LogP contribution in [0.2, 0.25) is 0 Å². The molecule has 1 aliphatic heterocycles. The van der Waals surface area contributed by atoms with Gasteiger partial charge in [-0.1, -0.05) is 24.6 Å². The maximum absolute atomic E-state index is 11.3. The molecule has 1 amide bonds. The van der Waals surface area contributed by atoms with Crippen LogP contribution in [-0.4, -0.2) is 25.0 Å². The fourth-order valence-electron chi connectivity index (χ4n) is 1.63. The monoisotopic (exact) mass is 208 g/mol. The highest BCUT2D eigenvalue weighted by Crippen LogP contribution is 2.05. The highest BCUT2D eigenvalue weighted by molar-refractivity contribution is 5.87. The molecule has 0 aromatic rings. The molecule has 1 saturated heterocycles. The van der Waals surface area contributed by atoms with Gasteiger partial charge in [0, 0.05) is 18.7 Å². The molecule has 1 aliphatic rings. The number of nitrogens with one attached hydrogen (secondary N) is 2. The first-order valence-corrected chi connectivity index (χ1v) is 5.63. The Labute approximate surface area is 91.6 Å². The zero-order valence-corrected chi connectivity index (χ0v) is 9.33. The Morgan fingerprint density at radius 2 is 2.33 bits per heavy atom. The van der Waals surface area contributed by atoms with E-state index in [1.165, 1.54) is 19.3 Å². The maximum atomic E-state index is 11.3. The van der Waals surface area contributed by atoms with E-state index < -0.39 is 0 Å². The lowest BCUT2D eigenvalue weighted by Crippen LogP contribution is -2.43. The lowest BCUT2D eigenvalue weighted by molar-refractivity contribution is -0.116. The summed E-state index contributed by atoms with van der Waals surface area (Å²) in [6, 6.07) is 0.456. The van der Waals surface area contributed by atoms with E-state index in [0.29, 0.717) is 6.04 Å². The molecule has 3 heteroatoms. The van der Waals surface area contributed by atoms with Gasteiger partial charge in [-0.2, -0.15) is 0 Å². The molecule has 84 valence electrons. The molecule has 0 aliphatic carbocycles. The predicted molar refractivity (Wildman–Crippen MR) is 62.6 cm³/mol. The van der Waals surface area contributed by atoms with Crippen LogP contribution in [0, 0.1) is 0 Å². The zero-order chi connectivity index (χ0) is 10.9. The van der Waals surface area contributed by atoms with Gasteiger partial charge in [0.25, 0.3) is 0 Å². The lowest BCUT2D eigenvalue weighted by Gasteiger charge is -2.23. The minimum Gasteiger partial charge on any atom is -0.351 e. The van der Waals surface area contributed by atoms with Crippen molar-refractivity contribution >= 4 is 5.91 Å². The second-order valence-electron chi connectivity index (χ2n) is 3.78. The SMILES string of the molecule is CC=CC=CC(=O)NCC1CCCCN1. The summed E-state index contributed by atoms with van der Waals surface area (Å²) in [4.78, 5) is 11.3. The standard InChI is InChI=1S/C12H20N2O/c1-2-3-4-8-12(15)14-10-11-7-5-6-9-13-11/h2-4,8,11,13H,5-7,9-10H2,1H3,(H,14,15). The van der Waals surface area contributed by atoms with Gasteiger partial charge in [-0.15, -0.1) is 0 Å². The van der Waals surface area contributed by atoms with Gasteiger partial charge in [-0.3, -0.25) is 4.79 Å². The Kier molecular flexibility index (Phi) is 5.78. The summed E-state index contributed by atoms with van der Waals surface area (Å²) in [6.45, 7) is 3.74. The van der Waals surface area contributed by atoms with Gasteiger partial charge >= 0.3 is 0 Å². The fraction of sp³-hybridized carbons (Fsp3) is 0.583. The van der Waals surface area contributed by atoms with E-state index in [9.17, 15) is 4.79 Å². The molecule has 0 aromatic heterocycles. The number of hydrogen-bond acceptors (Lipinski definition) is 2. The van der Waals surface area contributed by atoms with E-state index >= 15 is 0 Å². The number of carbonyl (C=O) groups is 1. The Morgan fingerprint density at radius 1 is 1.47 bits per heavy atom. The van der Waals surface area contributed by atoms with E-state index in [-0.39, 0.29) is 5.91 Å². The van der Waals surface area contributed by atoms with Crippen LogP contribution in [0.1, 0.15) is 26.2 Å². The van der Waals surface area contributed by atoms with Crippen LogP contribution in [0.25, 0.3) is 0 Å². The van der Waals surface area contributed by atoms with E-state index in [1.807, 2.05) is 19.1 Å². The summed E-state index contributed by atoms with van der Waals surface area (Å²) >= 11 is 0. The summed E-state index contributed by atoms with van der Waals surface area (Å²) in [7, 11) is 0. The Balaban J connectivity index is 2.15. The molecule has 0 saturated carbocycles. The molecule has 0 spiro atoms. The topological polar surface area (TPSA) is 41.1 Å². The average Bonchev–Trinajstić information content (AvgIpc) is 2.28. The summed E-state index contributed by atoms with van der Waals surface area (Å²) in [6.07, 6.45) is 10.7. The summed E-state index contributed by atoms with van der Waals surface area (Å²) < 4.78 is 0. The third kappa shape index (κ3) is 5.37. The predicted octanol–water partition coefficient (Wildman–Crippen LogP) is 1.38. The third-order valence-corrected chi connectivity index (χ3v) is 2.49. The molecular weight excluding hydrogens is 188 g/mol. The van der Waals surface area contributed by atoms with Crippen molar-refractivity contribution in [2.24, 2.45) is 0 Å². The van der Waals surface area contributed by atoms with Crippen LogP contribution >= 0.6 is 0 Å². The third-order valence-electron chi connectivity index (χ3n) is 2.49. The molecule has 2 N–H and O–H groups in total. The quantitative estimate of drug-likeness (QED) is 0.541. The number of hydrogen-bond donors (Lipinski definition) is 2. The summed E-state index contributed by atoms with van der Waals surface area (Å²) in [5, 5.41) is 6.28. The lowest BCUT2D eigenvalue weighted by atomic mass is 10.1. The van der Waals surface area contributed by atoms with Crippen LogP contribution in [0.15, 0.2) is 24.3 Å². The first-order valence-electron chi connectivity index (χ1n) is 5.63. The number of amides is 1. The van der Waals surface area contributed by atoms with Crippen molar-refractivity contribution in [1.29, 1.82) is 0 Å². The van der Waals surface area contributed by atoms with Gasteiger partial charge in [0.05, 0.1) is 0 Å². The summed E-state index contributed by atoms with van der Waals surface area (Å²) in [5.41, 5.74) is 0. The maximum Gasteiger partial charge on any atom is 0.244 e. The first-order chi connectivity index (χ1) is 7.33. The minimum absolute atomic E-state index is 0.0135. The van der Waals surface area contributed by atoms with Gasteiger partial charge in [0.15, 0.2) is 0 Å². The van der Waals surface area contributed by atoms with Crippen LogP contribution in [0.3, 0.4) is 0 Å². The Morgan fingerprint density at radius 3 is 3.00 bits per heavy atom. The molecule has 1 unspecified atom stereocenters. The average molecular weight is 208 g/mol. The molecule has 1 heterocycles. The van der Waals surface area contributed by atoms with Gasteiger partial charge < -0.3 is 10.6 Å². The van der Waals surface area contributed by atoms with Crippen LogP contribution in [0.5, 0.6) is 0 Å². The van der Waals surface area contributed by atoms with Crippen molar-refractivity contribution in [2.45, 2.75) is 32.2 Å². The van der Waals surface area contributed by atoms with E-state index in [1.54, 1.807) is 12.2 Å². The fourth-order valence-corrected chi connectivity index (χ4v) is 1.63. The van der Waals surface area contributed by atoms with Gasteiger partial charge in [-0.05, 0) is 26.3 Å². The van der Waals surface area contributed by atoms with Crippen molar-refractivity contribution < 1.29 is 4.79 Å². The highest BCUT2D eigenvalue weighted by Gasteiger charge is 2.12. The Bertz CT molecular complexity index is 240. The first kappa shape index (κ1) is 12.0. The van der Waals surface area contributed by atoms with Crippen molar-refractivity contribution in [3.05, 3.63) is 24.3 Å². The summed E-state index contributed by atoms with van der Waals surface area (Å²) in [5.74, 6) is -0.0135. The Hall–Kier alpha value is -1.09. The van der Waals surface area contributed by atoms with Gasteiger partial charge in [-0.25, -0.2) is 0 Å². The van der Waals surface area contributed by atoms with Crippen LogP contribution < -0.4 is 10.6 Å². The molecule has 15 heavy (non-hydrogen) atoms. The van der Waals surface area contributed by atoms with Crippen LogP contribution in [-0.2, 0) is 4.79 Å². The van der Waals surface area contributed by atoms with E-state index in [0.717, 1.165) is 13.1 Å². The minimum atomic E-state index is -0.0135. The number of rotatable bonds is 4. The molecule has 0 bridgehead atoms. The smallest absolute Gasteiger partial charge is 0.244 e. The van der Waals surface area contributed by atoms with E-state index in [4.69, 9.17) is 0 Å². The number of piperidine rings is 1. The molecule has 1 rings (SSSR count). The molecule has 1 fully saturated rings. The van der Waals surface area contributed by atoms with Crippen LogP contribution in [0.4, 0.5) is 0 Å². The largest absolute Gasteiger partial charge is 0.351 e. The second-order valence-corrected chi connectivity index (χ2v) is 3.78. The molecule has 1 atom stereocenters. The van der Waals surface area contributed by atoms with Crippen molar-refractivity contribution in [2.75, 3.05) is 13.1 Å². The number of carbonyl (C=O) groups excluding carboxylic acids is 1. The van der Waals surface area contributed by atoms with E-state index in [2.05, 4.69) is 10.6 Å². The van der Waals surface area contributed by atoms with Gasteiger partial charge in [0.2, 0.25) is 5.91 Å². The number of allylic oxidation sites excluding steroid dienone is 3. The zero-order valence-electron chi connectivity index (χ0n) is 9.33. The van der Waals surface area contributed by atoms with Gasteiger partial charge in [0.1, 0.15) is 0 Å².